The summed E-state index contributed by atoms with van der Waals surface area (Å²) >= 11 is 0. The van der Waals surface area contributed by atoms with E-state index < -0.39 is 5.60 Å². The molecule has 1 aliphatic heterocycles. The number of aliphatic hydroxyl groups is 1. The molecular formula is C16H23NO2. The molecule has 2 aliphatic rings. The smallest absolute Gasteiger partial charge is 0.122 e. The van der Waals surface area contributed by atoms with E-state index in [1.165, 1.54) is 12.8 Å². The Bertz CT molecular complexity index is 458. The molecule has 1 aromatic carbocycles. The molecule has 0 amide bonds. The average molecular weight is 261 g/mol. The van der Waals surface area contributed by atoms with Crippen LogP contribution in [0.2, 0.25) is 0 Å². The van der Waals surface area contributed by atoms with Gasteiger partial charge in [0.15, 0.2) is 0 Å². The second-order valence-corrected chi connectivity index (χ2v) is 6.17. The molecule has 0 spiro atoms. The van der Waals surface area contributed by atoms with Gasteiger partial charge < -0.3 is 9.84 Å². The predicted octanol–water partition coefficient (Wildman–Crippen LogP) is 2.23. The van der Waals surface area contributed by atoms with Gasteiger partial charge in [-0.15, -0.1) is 0 Å². The molecule has 1 heterocycles. The van der Waals surface area contributed by atoms with Crippen LogP contribution in [-0.4, -0.2) is 41.3 Å². The van der Waals surface area contributed by atoms with E-state index in [9.17, 15) is 5.11 Å². The zero-order chi connectivity index (χ0) is 13.5. The van der Waals surface area contributed by atoms with Crippen LogP contribution < -0.4 is 4.74 Å². The maximum absolute atomic E-state index is 10.9. The van der Waals surface area contributed by atoms with Gasteiger partial charge in [0.25, 0.3) is 0 Å². The lowest BCUT2D eigenvalue weighted by atomic mass is 9.92. The van der Waals surface area contributed by atoms with Gasteiger partial charge in [0, 0.05) is 25.0 Å². The Kier molecular flexibility index (Phi) is 3.27. The number of methoxy groups -OCH3 is 1. The monoisotopic (exact) mass is 261 g/mol. The summed E-state index contributed by atoms with van der Waals surface area (Å²) in [5.41, 5.74) is 0.508. The lowest BCUT2D eigenvalue weighted by molar-refractivity contribution is 0.0481. The molecule has 0 aromatic heterocycles. The van der Waals surface area contributed by atoms with Gasteiger partial charge in [-0.1, -0.05) is 18.2 Å². The molecule has 3 nitrogen and oxygen atoms in total. The van der Waals surface area contributed by atoms with Crippen molar-refractivity contribution in [2.75, 3.05) is 13.7 Å². The van der Waals surface area contributed by atoms with Crippen molar-refractivity contribution in [1.82, 2.24) is 4.90 Å². The summed E-state index contributed by atoms with van der Waals surface area (Å²) in [5, 5.41) is 10.9. The molecule has 2 atom stereocenters. The second-order valence-electron chi connectivity index (χ2n) is 6.17. The van der Waals surface area contributed by atoms with Gasteiger partial charge in [-0.3, -0.25) is 4.90 Å². The van der Waals surface area contributed by atoms with Crippen LogP contribution in [0.1, 0.15) is 31.7 Å². The quantitative estimate of drug-likeness (QED) is 0.902. The Labute approximate surface area is 115 Å². The molecule has 1 N–H and O–H groups in total. The second kappa shape index (κ2) is 4.80. The average Bonchev–Trinajstić information content (AvgIpc) is 3.17. The third-order valence-electron chi connectivity index (χ3n) is 4.45. The molecule has 3 rings (SSSR count). The van der Waals surface area contributed by atoms with Gasteiger partial charge in [0.05, 0.1) is 12.7 Å². The van der Waals surface area contributed by atoms with E-state index in [1.807, 2.05) is 18.2 Å². The molecule has 2 unspecified atom stereocenters. The first-order chi connectivity index (χ1) is 9.11. The van der Waals surface area contributed by atoms with Crippen molar-refractivity contribution < 1.29 is 9.84 Å². The first-order valence-corrected chi connectivity index (χ1v) is 7.21. The highest BCUT2D eigenvalue weighted by atomic mass is 16.5. The Morgan fingerprint density at radius 1 is 1.37 bits per heavy atom. The van der Waals surface area contributed by atoms with E-state index in [2.05, 4.69) is 17.9 Å². The van der Waals surface area contributed by atoms with Crippen LogP contribution in [0.5, 0.6) is 5.75 Å². The lowest BCUT2D eigenvalue weighted by Gasteiger charge is -2.24. The van der Waals surface area contributed by atoms with E-state index in [1.54, 1.807) is 7.11 Å². The van der Waals surface area contributed by atoms with Crippen molar-refractivity contribution in [2.45, 2.75) is 50.3 Å². The summed E-state index contributed by atoms with van der Waals surface area (Å²) in [6.45, 7) is 3.04. The van der Waals surface area contributed by atoms with Gasteiger partial charge in [0.2, 0.25) is 0 Å². The molecule has 1 aliphatic carbocycles. The normalized spacial score (nSPS) is 31.6. The molecule has 104 valence electrons. The van der Waals surface area contributed by atoms with Crippen LogP contribution in [-0.2, 0) is 6.42 Å². The minimum atomic E-state index is -0.601. The fraction of sp³-hybridized carbons (Fsp3) is 0.625. The fourth-order valence-corrected chi connectivity index (χ4v) is 3.45. The van der Waals surface area contributed by atoms with Crippen molar-refractivity contribution in [1.29, 1.82) is 0 Å². The number of nitrogens with zero attached hydrogens (tertiary/aromatic N) is 1. The van der Waals surface area contributed by atoms with Crippen LogP contribution in [0, 0.1) is 0 Å². The minimum Gasteiger partial charge on any atom is -0.496 e. The number of β-amino-alcohol motifs (C(OH)–C–C–N with tert-alkyl or cyclic N) is 1. The predicted molar refractivity (Wildman–Crippen MR) is 75.5 cm³/mol. The number of benzene rings is 1. The number of hydrogen-bond acceptors (Lipinski definition) is 3. The van der Waals surface area contributed by atoms with E-state index in [-0.39, 0.29) is 0 Å². The number of hydrogen-bond donors (Lipinski definition) is 1. The highest BCUT2D eigenvalue weighted by molar-refractivity contribution is 5.34. The number of para-hydroxylation sites is 1. The summed E-state index contributed by atoms with van der Waals surface area (Å²) in [4.78, 5) is 2.48. The van der Waals surface area contributed by atoms with Crippen molar-refractivity contribution >= 4 is 0 Å². The van der Waals surface area contributed by atoms with Crippen molar-refractivity contribution in [3.63, 3.8) is 0 Å². The minimum absolute atomic E-state index is 0.493. The Morgan fingerprint density at radius 2 is 2.11 bits per heavy atom. The molecular weight excluding hydrogens is 238 g/mol. The highest BCUT2D eigenvalue weighted by Crippen LogP contribution is 2.39. The molecule has 19 heavy (non-hydrogen) atoms. The van der Waals surface area contributed by atoms with Gasteiger partial charge in [-0.05, 0) is 37.8 Å². The van der Waals surface area contributed by atoms with Gasteiger partial charge >= 0.3 is 0 Å². The summed E-state index contributed by atoms with van der Waals surface area (Å²) in [7, 11) is 1.69. The van der Waals surface area contributed by atoms with Gasteiger partial charge in [-0.2, -0.15) is 0 Å². The third kappa shape index (κ3) is 2.63. The molecule has 3 heteroatoms. The molecule has 1 saturated carbocycles. The zero-order valence-corrected chi connectivity index (χ0v) is 11.8. The van der Waals surface area contributed by atoms with E-state index in [4.69, 9.17) is 4.74 Å². The largest absolute Gasteiger partial charge is 0.496 e. The molecule has 2 fully saturated rings. The first kappa shape index (κ1) is 12.9. The Balaban J connectivity index is 1.75. The third-order valence-corrected chi connectivity index (χ3v) is 4.45. The fourth-order valence-electron chi connectivity index (χ4n) is 3.45. The van der Waals surface area contributed by atoms with Crippen LogP contribution in [0.25, 0.3) is 0 Å². The van der Waals surface area contributed by atoms with Crippen LogP contribution in [0.15, 0.2) is 24.3 Å². The van der Waals surface area contributed by atoms with Crippen LogP contribution >= 0.6 is 0 Å². The molecule has 0 bridgehead atoms. The van der Waals surface area contributed by atoms with Crippen molar-refractivity contribution in [2.24, 2.45) is 0 Å². The number of rotatable bonds is 4. The Hall–Kier alpha value is -1.06. The summed E-state index contributed by atoms with van der Waals surface area (Å²) < 4.78 is 5.39. The van der Waals surface area contributed by atoms with Gasteiger partial charge in [-0.25, -0.2) is 0 Å². The maximum atomic E-state index is 10.9. The maximum Gasteiger partial charge on any atom is 0.122 e. The van der Waals surface area contributed by atoms with Crippen LogP contribution in [0.4, 0.5) is 0 Å². The standard InChI is InChI=1S/C16H23NO2/c1-12-9-16(18,11-17(12)14-7-8-14)10-13-5-3-4-6-15(13)19-2/h3-6,12,14,18H,7-11H2,1-2H3. The summed E-state index contributed by atoms with van der Waals surface area (Å²) in [6.07, 6.45) is 4.15. The SMILES string of the molecule is COc1ccccc1CC1(O)CC(C)N(C2CC2)C1. The summed E-state index contributed by atoms with van der Waals surface area (Å²) in [6, 6.07) is 9.23. The van der Waals surface area contributed by atoms with Gasteiger partial charge in [0.1, 0.15) is 5.75 Å². The lowest BCUT2D eigenvalue weighted by Crippen LogP contribution is -2.36. The zero-order valence-electron chi connectivity index (χ0n) is 11.8. The first-order valence-electron chi connectivity index (χ1n) is 7.21. The summed E-state index contributed by atoms with van der Waals surface area (Å²) in [5.74, 6) is 0.883. The highest BCUT2D eigenvalue weighted by Gasteiger charge is 2.46. The molecule has 1 aromatic rings. The molecule has 1 saturated heterocycles. The van der Waals surface area contributed by atoms with Crippen LogP contribution in [0.3, 0.4) is 0 Å². The van der Waals surface area contributed by atoms with Crippen molar-refractivity contribution in [3.05, 3.63) is 29.8 Å². The topological polar surface area (TPSA) is 32.7 Å². The number of likely N-dealkylation sites (tertiary alicyclic amines) is 1. The van der Waals surface area contributed by atoms with E-state index in [0.29, 0.717) is 12.5 Å². The Morgan fingerprint density at radius 3 is 2.79 bits per heavy atom. The van der Waals surface area contributed by atoms with E-state index in [0.717, 1.165) is 30.3 Å². The number of ether oxygens (including phenoxy) is 1. The van der Waals surface area contributed by atoms with E-state index >= 15 is 0 Å². The van der Waals surface area contributed by atoms with Crippen molar-refractivity contribution in [3.8, 4) is 5.75 Å². The molecule has 0 radical (unpaired) electrons.